The summed E-state index contributed by atoms with van der Waals surface area (Å²) in [5.74, 6) is 0.665. The smallest absolute Gasteiger partial charge is 0.0790 e. The number of benzene rings is 1. The van der Waals surface area contributed by atoms with E-state index in [0.29, 0.717) is 5.92 Å². The van der Waals surface area contributed by atoms with Gasteiger partial charge >= 0.3 is 0 Å². The van der Waals surface area contributed by atoms with Gasteiger partial charge in [0.05, 0.1) is 6.10 Å². The highest BCUT2D eigenvalue weighted by Crippen LogP contribution is 2.19. The van der Waals surface area contributed by atoms with Crippen molar-refractivity contribution in [2.75, 3.05) is 0 Å². The van der Waals surface area contributed by atoms with Gasteiger partial charge in [-0.1, -0.05) is 44.2 Å². The van der Waals surface area contributed by atoms with Crippen LogP contribution in [0.3, 0.4) is 0 Å². The first-order chi connectivity index (χ1) is 6.20. The molecule has 13 heavy (non-hydrogen) atoms. The SMILES string of the molecule is CC(C)CC[C@@H](O)c1ccccc1. The summed E-state index contributed by atoms with van der Waals surface area (Å²) >= 11 is 0. The summed E-state index contributed by atoms with van der Waals surface area (Å²) in [7, 11) is 0. The molecule has 0 radical (unpaired) electrons. The van der Waals surface area contributed by atoms with Crippen molar-refractivity contribution in [2.24, 2.45) is 5.92 Å². The summed E-state index contributed by atoms with van der Waals surface area (Å²) in [6.07, 6.45) is 1.65. The molecule has 0 aromatic heterocycles. The van der Waals surface area contributed by atoms with E-state index in [4.69, 9.17) is 0 Å². The molecule has 1 nitrogen and oxygen atoms in total. The lowest BCUT2D eigenvalue weighted by Crippen LogP contribution is -1.99. The molecule has 0 saturated heterocycles. The average molecular weight is 178 g/mol. The lowest BCUT2D eigenvalue weighted by Gasteiger charge is -2.11. The van der Waals surface area contributed by atoms with Crippen LogP contribution in [0.2, 0.25) is 0 Å². The zero-order chi connectivity index (χ0) is 9.68. The van der Waals surface area contributed by atoms with E-state index < -0.39 is 0 Å². The lowest BCUT2D eigenvalue weighted by atomic mass is 10.0. The highest BCUT2D eigenvalue weighted by Gasteiger charge is 2.06. The molecule has 1 aromatic carbocycles. The van der Waals surface area contributed by atoms with Crippen LogP contribution in [0.4, 0.5) is 0 Å². The van der Waals surface area contributed by atoms with Crippen LogP contribution in [-0.2, 0) is 0 Å². The third-order valence-electron chi connectivity index (χ3n) is 2.20. The summed E-state index contributed by atoms with van der Waals surface area (Å²) in [5.41, 5.74) is 1.03. The van der Waals surface area contributed by atoms with Crippen molar-refractivity contribution >= 4 is 0 Å². The van der Waals surface area contributed by atoms with Crippen molar-refractivity contribution in [3.05, 3.63) is 35.9 Å². The van der Waals surface area contributed by atoms with E-state index in [-0.39, 0.29) is 6.10 Å². The third-order valence-corrected chi connectivity index (χ3v) is 2.20. The monoisotopic (exact) mass is 178 g/mol. The number of hydrogen-bond acceptors (Lipinski definition) is 1. The Morgan fingerprint density at radius 1 is 1.08 bits per heavy atom. The number of rotatable bonds is 4. The van der Waals surface area contributed by atoms with Gasteiger partial charge in [-0.3, -0.25) is 0 Å². The van der Waals surface area contributed by atoms with E-state index in [9.17, 15) is 5.11 Å². The van der Waals surface area contributed by atoms with Crippen LogP contribution in [0.5, 0.6) is 0 Å². The molecule has 0 bridgehead atoms. The minimum atomic E-state index is -0.288. The maximum absolute atomic E-state index is 9.77. The lowest BCUT2D eigenvalue weighted by molar-refractivity contribution is 0.159. The first-order valence-corrected chi connectivity index (χ1v) is 4.93. The molecule has 1 rings (SSSR count). The summed E-state index contributed by atoms with van der Waals surface area (Å²) in [4.78, 5) is 0. The summed E-state index contributed by atoms with van der Waals surface area (Å²) in [6.45, 7) is 4.36. The fourth-order valence-corrected chi connectivity index (χ4v) is 1.33. The maximum Gasteiger partial charge on any atom is 0.0790 e. The van der Waals surface area contributed by atoms with Crippen LogP contribution in [0, 0.1) is 5.92 Å². The van der Waals surface area contributed by atoms with E-state index >= 15 is 0 Å². The van der Waals surface area contributed by atoms with E-state index in [0.717, 1.165) is 18.4 Å². The van der Waals surface area contributed by atoms with Crippen LogP contribution < -0.4 is 0 Å². The van der Waals surface area contributed by atoms with Crippen molar-refractivity contribution < 1.29 is 5.11 Å². The van der Waals surface area contributed by atoms with Crippen molar-refractivity contribution in [1.29, 1.82) is 0 Å². The van der Waals surface area contributed by atoms with Crippen LogP contribution in [-0.4, -0.2) is 5.11 Å². The van der Waals surface area contributed by atoms with Crippen LogP contribution >= 0.6 is 0 Å². The van der Waals surface area contributed by atoms with Crippen LogP contribution in [0.25, 0.3) is 0 Å². The summed E-state index contributed by atoms with van der Waals surface area (Å²) in [6, 6.07) is 9.86. The summed E-state index contributed by atoms with van der Waals surface area (Å²) < 4.78 is 0. The molecule has 72 valence electrons. The Balaban J connectivity index is 2.44. The van der Waals surface area contributed by atoms with Gasteiger partial charge in [-0.05, 0) is 24.3 Å². The Kier molecular flexibility index (Phi) is 3.97. The van der Waals surface area contributed by atoms with Gasteiger partial charge in [-0.15, -0.1) is 0 Å². The molecule has 0 aliphatic carbocycles. The Morgan fingerprint density at radius 2 is 1.69 bits per heavy atom. The molecule has 0 unspecified atom stereocenters. The molecule has 0 saturated carbocycles. The van der Waals surface area contributed by atoms with Gasteiger partial charge in [0, 0.05) is 0 Å². The van der Waals surface area contributed by atoms with Crippen molar-refractivity contribution in [1.82, 2.24) is 0 Å². The molecule has 0 spiro atoms. The highest BCUT2D eigenvalue weighted by molar-refractivity contribution is 5.16. The number of aliphatic hydroxyl groups excluding tert-OH is 1. The molecular weight excluding hydrogens is 160 g/mol. The second-order valence-electron chi connectivity index (χ2n) is 3.90. The van der Waals surface area contributed by atoms with Gasteiger partial charge in [0.25, 0.3) is 0 Å². The predicted molar refractivity (Wildman–Crippen MR) is 55.5 cm³/mol. The Labute approximate surface area is 80.4 Å². The van der Waals surface area contributed by atoms with Gasteiger partial charge in [-0.2, -0.15) is 0 Å². The Hall–Kier alpha value is -0.820. The predicted octanol–water partition coefficient (Wildman–Crippen LogP) is 3.16. The molecular formula is C12H18O. The molecule has 1 atom stereocenters. The number of aliphatic hydroxyl groups is 1. The zero-order valence-electron chi connectivity index (χ0n) is 8.40. The van der Waals surface area contributed by atoms with Gasteiger partial charge < -0.3 is 5.11 Å². The second kappa shape index (κ2) is 5.03. The molecule has 1 aromatic rings. The molecule has 0 amide bonds. The first kappa shape index (κ1) is 10.3. The van der Waals surface area contributed by atoms with E-state index in [2.05, 4.69) is 13.8 Å². The normalized spacial score (nSPS) is 13.2. The molecule has 0 fully saturated rings. The van der Waals surface area contributed by atoms with E-state index in [1.54, 1.807) is 0 Å². The quantitative estimate of drug-likeness (QED) is 0.751. The second-order valence-corrected chi connectivity index (χ2v) is 3.90. The van der Waals surface area contributed by atoms with Gasteiger partial charge in [0.1, 0.15) is 0 Å². The fourth-order valence-electron chi connectivity index (χ4n) is 1.33. The van der Waals surface area contributed by atoms with Crippen molar-refractivity contribution in [3.63, 3.8) is 0 Å². The minimum Gasteiger partial charge on any atom is -0.388 e. The van der Waals surface area contributed by atoms with Gasteiger partial charge in [0.2, 0.25) is 0 Å². The molecule has 0 heterocycles. The molecule has 0 aliphatic rings. The van der Waals surface area contributed by atoms with Gasteiger partial charge in [-0.25, -0.2) is 0 Å². The third kappa shape index (κ3) is 3.60. The average Bonchev–Trinajstić information content (AvgIpc) is 2.15. The number of hydrogen-bond donors (Lipinski definition) is 1. The first-order valence-electron chi connectivity index (χ1n) is 4.93. The standard InChI is InChI=1S/C12H18O/c1-10(2)8-9-12(13)11-6-4-3-5-7-11/h3-7,10,12-13H,8-9H2,1-2H3/t12-/m1/s1. The minimum absolute atomic E-state index is 0.288. The van der Waals surface area contributed by atoms with E-state index in [1.165, 1.54) is 0 Å². The van der Waals surface area contributed by atoms with Crippen molar-refractivity contribution in [3.8, 4) is 0 Å². The molecule has 1 N–H and O–H groups in total. The largest absolute Gasteiger partial charge is 0.388 e. The van der Waals surface area contributed by atoms with E-state index in [1.807, 2.05) is 30.3 Å². The fraction of sp³-hybridized carbons (Fsp3) is 0.500. The van der Waals surface area contributed by atoms with Gasteiger partial charge in [0.15, 0.2) is 0 Å². The highest BCUT2D eigenvalue weighted by atomic mass is 16.3. The van der Waals surface area contributed by atoms with Crippen molar-refractivity contribution in [2.45, 2.75) is 32.8 Å². The topological polar surface area (TPSA) is 20.2 Å². The Bertz CT molecular complexity index is 228. The maximum atomic E-state index is 9.77. The van der Waals surface area contributed by atoms with Crippen LogP contribution in [0.15, 0.2) is 30.3 Å². The molecule has 1 heteroatoms. The van der Waals surface area contributed by atoms with Crippen LogP contribution in [0.1, 0.15) is 38.4 Å². The summed E-state index contributed by atoms with van der Waals surface area (Å²) in [5, 5.41) is 9.77. The zero-order valence-corrected chi connectivity index (χ0v) is 8.40. The molecule has 0 aliphatic heterocycles. The Morgan fingerprint density at radius 3 is 2.23 bits per heavy atom.